The third kappa shape index (κ3) is 3.69. The molecule has 6 nitrogen and oxygen atoms in total. The first-order valence-electron chi connectivity index (χ1n) is 8.00. The Kier molecular flexibility index (Phi) is 4.93. The molecule has 2 aromatic carbocycles. The Labute approximate surface area is 149 Å². The van der Waals surface area contributed by atoms with Gasteiger partial charge in [-0.3, -0.25) is 0 Å². The Hall–Kier alpha value is -3.28. The topological polar surface area (TPSA) is 88.8 Å². The molecule has 0 aliphatic rings. The lowest BCUT2D eigenvalue weighted by atomic mass is 10.0. The SMILES string of the molecule is COc1cccc(COc2ccc3c(C)c(CC(=O)[O-])c(=O)oc3c2)c1. The quantitative estimate of drug-likeness (QED) is 0.630. The van der Waals surface area contributed by atoms with Gasteiger partial charge in [-0.1, -0.05) is 12.1 Å². The van der Waals surface area contributed by atoms with E-state index >= 15 is 0 Å². The maximum Gasteiger partial charge on any atom is 0.340 e. The van der Waals surface area contributed by atoms with Crippen LogP contribution in [0.2, 0.25) is 0 Å². The number of carboxylic acids is 1. The molecule has 0 aliphatic carbocycles. The van der Waals surface area contributed by atoms with Gasteiger partial charge in [-0.2, -0.15) is 0 Å². The van der Waals surface area contributed by atoms with E-state index in [9.17, 15) is 14.7 Å². The third-order valence-corrected chi connectivity index (χ3v) is 4.12. The molecular formula is C20H17O6-. The van der Waals surface area contributed by atoms with Crippen LogP contribution in [0.5, 0.6) is 11.5 Å². The van der Waals surface area contributed by atoms with Crippen LogP contribution in [0.1, 0.15) is 16.7 Å². The summed E-state index contributed by atoms with van der Waals surface area (Å²) in [5, 5.41) is 11.5. The number of rotatable bonds is 6. The van der Waals surface area contributed by atoms with E-state index < -0.39 is 18.0 Å². The second-order valence-electron chi connectivity index (χ2n) is 5.84. The highest BCUT2D eigenvalue weighted by Gasteiger charge is 2.12. The first-order chi connectivity index (χ1) is 12.5. The summed E-state index contributed by atoms with van der Waals surface area (Å²) < 4.78 is 16.2. The fraction of sp³-hybridized carbons (Fsp3) is 0.200. The van der Waals surface area contributed by atoms with Gasteiger partial charge in [0.1, 0.15) is 23.7 Å². The summed E-state index contributed by atoms with van der Waals surface area (Å²) in [4.78, 5) is 22.8. The molecular weight excluding hydrogens is 336 g/mol. The van der Waals surface area contributed by atoms with E-state index in [-0.39, 0.29) is 5.56 Å². The summed E-state index contributed by atoms with van der Waals surface area (Å²) in [5.41, 5.74) is 1.27. The number of benzene rings is 2. The van der Waals surface area contributed by atoms with E-state index in [1.54, 1.807) is 32.2 Å². The van der Waals surface area contributed by atoms with Crippen molar-refractivity contribution in [1.29, 1.82) is 0 Å². The highest BCUT2D eigenvalue weighted by Crippen LogP contribution is 2.25. The number of ether oxygens (including phenoxy) is 2. The summed E-state index contributed by atoms with van der Waals surface area (Å²) in [6.45, 7) is 2.02. The van der Waals surface area contributed by atoms with Crippen molar-refractivity contribution < 1.29 is 23.8 Å². The molecule has 6 heteroatoms. The van der Waals surface area contributed by atoms with Crippen LogP contribution in [0.4, 0.5) is 0 Å². The number of aliphatic carboxylic acids is 1. The first-order valence-corrected chi connectivity index (χ1v) is 8.00. The van der Waals surface area contributed by atoms with E-state index in [4.69, 9.17) is 13.9 Å². The smallest absolute Gasteiger partial charge is 0.340 e. The fourth-order valence-corrected chi connectivity index (χ4v) is 2.74. The van der Waals surface area contributed by atoms with Gasteiger partial charge < -0.3 is 23.8 Å². The van der Waals surface area contributed by atoms with Crippen LogP contribution in [0.15, 0.2) is 51.7 Å². The van der Waals surface area contributed by atoms with Crippen molar-refractivity contribution in [3.8, 4) is 11.5 Å². The molecule has 0 atom stereocenters. The first kappa shape index (κ1) is 17.5. The molecule has 3 rings (SSSR count). The van der Waals surface area contributed by atoms with Crippen molar-refractivity contribution in [3.05, 3.63) is 69.6 Å². The molecule has 0 saturated carbocycles. The minimum absolute atomic E-state index is 0.0996. The van der Waals surface area contributed by atoms with Gasteiger partial charge in [0.15, 0.2) is 0 Å². The van der Waals surface area contributed by atoms with Crippen molar-refractivity contribution in [2.45, 2.75) is 20.0 Å². The van der Waals surface area contributed by atoms with E-state index in [1.807, 2.05) is 24.3 Å². The largest absolute Gasteiger partial charge is 0.550 e. The summed E-state index contributed by atoms with van der Waals surface area (Å²) in [6, 6.07) is 12.6. The standard InChI is InChI=1S/C20H18O6/c1-12-16-7-6-15(25-11-13-4-3-5-14(8-13)24-2)9-18(16)26-20(23)17(12)10-19(21)22/h3-9H,10-11H2,1-2H3,(H,21,22)/p-1. The minimum Gasteiger partial charge on any atom is -0.550 e. The van der Waals surface area contributed by atoms with Crippen LogP contribution >= 0.6 is 0 Å². The number of hydrogen-bond acceptors (Lipinski definition) is 6. The molecule has 0 saturated heterocycles. The maximum absolute atomic E-state index is 12.0. The number of carboxylic acid groups (broad SMARTS) is 1. The molecule has 0 radical (unpaired) electrons. The van der Waals surface area contributed by atoms with Gasteiger partial charge in [0.2, 0.25) is 0 Å². The van der Waals surface area contributed by atoms with Crippen molar-refractivity contribution >= 4 is 16.9 Å². The lowest BCUT2D eigenvalue weighted by Gasteiger charge is -2.11. The molecule has 26 heavy (non-hydrogen) atoms. The summed E-state index contributed by atoms with van der Waals surface area (Å²) >= 11 is 0. The second kappa shape index (κ2) is 7.31. The number of hydrogen-bond donors (Lipinski definition) is 0. The average Bonchev–Trinajstić information content (AvgIpc) is 2.63. The summed E-state index contributed by atoms with van der Waals surface area (Å²) in [7, 11) is 1.60. The molecule has 3 aromatic rings. The lowest BCUT2D eigenvalue weighted by Crippen LogP contribution is -2.27. The van der Waals surface area contributed by atoms with Gasteiger partial charge in [0.25, 0.3) is 0 Å². The molecule has 0 N–H and O–H groups in total. The molecule has 0 amide bonds. The van der Waals surface area contributed by atoms with Gasteiger partial charge in [-0.05, 0) is 42.3 Å². The highest BCUT2D eigenvalue weighted by molar-refractivity contribution is 5.83. The fourth-order valence-electron chi connectivity index (χ4n) is 2.74. The van der Waals surface area contributed by atoms with E-state index in [0.29, 0.717) is 28.9 Å². The predicted octanol–water partition coefficient (Wildman–Crippen LogP) is 1.98. The molecule has 134 valence electrons. The Balaban J connectivity index is 1.87. The monoisotopic (exact) mass is 353 g/mol. The Bertz CT molecular complexity index is 1020. The van der Waals surface area contributed by atoms with Crippen LogP contribution < -0.4 is 20.2 Å². The molecule has 0 unspecified atom stereocenters. The number of methoxy groups -OCH3 is 1. The molecule has 0 bridgehead atoms. The molecule has 1 heterocycles. The van der Waals surface area contributed by atoms with E-state index in [0.717, 1.165) is 11.3 Å². The predicted molar refractivity (Wildman–Crippen MR) is 93.3 cm³/mol. The molecule has 0 fully saturated rings. The van der Waals surface area contributed by atoms with Crippen LogP contribution in [0.3, 0.4) is 0 Å². The Morgan fingerprint density at radius 1 is 1.15 bits per heavy atom. The van der Waals surface area contributed by atoms with Gasteiger partial charge in [0.05, 0.1) is 7.11 Å². The molecule has 1 aromatic heterocycles. The van der Waals surface area contributed by atoms with Gasteiger partial charge >= 0.3 is 5.63 Å². The maximum atomic E-state index is 12.0. The Morgan fingerprint density at radius 2 is 1.96 bits per heavy atom. The van der Waals surface area contributed by atoms with Crippen molar-refractivity contribution in [2.75, 3.05) is 7.11 Å². The summed E-state index contributed by atoms with van der Waals surface area (Å²) in [5.74, 6) is -0.0415. The van der Waals surface area contributed by atoms with Crippen molar-refractivity contribution in [3.63, 3.8) is 0 Å². The molecule has 0 spiro atoms. The van der Waals surface area contributed by atoms with Crippen LogP contribution in [0, 0.1) is 6.92 Å². The number of carbonyl (C=O) groups is 1. The zero-order chi connectivity index (χ0) is 18.7. The molecule has 0 aliphatic heterocycles. The second-order valence-corrected chi connectivity index (χ2v) is 5.84. The zero-order valence-corrected chi connectivity index (χ0v) is 14.4. The zero-order valence-electron chi connectivity index (χ0n) is 14.4. The van der Waals surface area contributed by atoms with Gasteiger partial charge in [-0.15, -0.1) is 0 Å². The van der Waals surface area contributed by atoms with Crippen LogP contribution in [-0.4, -0.2) is 13.1 Å². The van der Waals surface area contributed by atoms with Crippen molar-refractivity contribution in [1.82, 2.24) is 0 Å². The number of carbonyl (C=O) groups excluding carboxylic acids is 1. The van der Waals surface area contributed by atoms with Gasteiger partial charge in [-0.25, -0.2) is 4.79 Å². The average molecular weight is 353 g/mol. The van der Waals surface area contributed by atoms with E-state index in [1.165, 1.54) is 0 Å². The number of aryl methyl sites for hydroxylation is 1. The van der Waals surface area contributed by atoms with Gasteiger partial charge in [0, 0.05) is 29.4 Å². The lowest BCUT2D eigenvalue weighted by molar-refractivity contribution is -0.304. The third-order valence-electron chi connectivity index (χ3n) is 4.12. The number of fused-ring (bicyclic) bond motifs is 1. The minimum atomic E-state index is -1.32. The van der Waals surface area contributed by atoms with E-state index in [2.05, 4.69) is 0 Å². The van der Waals surface area contributed by atoms with Crippen LogP contribution in [0.25, 0.3) is 11.0 Å². The van der Waals surface area contributed by atoms with Crippen LogP contribution in [-0.2, 0) is 17.8 Å². The Morgan fingerprint density at radius 3 is 2.69 bits per heavy atom. The normalized spacial score (nSPS) is 10.7. The summed E-state index contributed by atoms with van der Waals surface area (Å²) in [6.07, 6.45) is -0.474. The highest BCUT2D eigenvalue weighted by atomic mass is 16.5. The van der Waals surface area contributed by atoms with Crippen molar-refractivity contribution in [2.24, 2.45) is 0 Å².